The summed E-state index contributed by atoms with van der Waals surface area (Å²) >= 11 is 0. The lowest BCUT2D eigenvalue weighted by Gasteiger charge is -2.06. The maximum atomic E-state index is 6.44. The fourth-order valence-corrected chi connectivity index (χ4v) is 3.61. The van der Waals surface area contributed by atoms with E-state index in [1.165, 1.54) is 11.1 Å². The lowest BCUT2D eigenvalue weighted by molar-refractivity contribution is -0.660. The largest absolute Gasteiger partial charge is 0.455 e. The van der Waals surface area contributed by atoms with Crippen molar-refractivity contribution < 1.29 is 8.98 Å². The molecule has 0 bridgehead atoms. The van der Waals surface area contributed by atoms with E-state index in [1.54, 1.807) is 0 Å². The van der Waals surface area contributed by atoms with Gasteiger partial charge in [0.1, 0.15) is 18.2 Å². The Morgan fingerprint density at radius 3 is 2.48 bits per heavy atom. The smallest absolute Gasteiger partial charge is 0.216 e. The third-order valence-electron chi connectivity index (χ3n) is 4.94. The normalized spacial score (nSPS) is 11.8. The van der Waals surface area contributed by atoms with Crippen LogP contribution < -0.4 is 4.57 Å². The van der Waals surface area contributed by atoms with Crippen molar-refractivity contribution >= 4 is 21.9 Å². The Hall–Kier alpha value is -2.68. The van der Waals surface area contributed by atoms with Crippen LogP contribution in [0, 0.1) is 13.8 Å². The third-order valence-corrected chi connectivity index (χ3v) is 4.94. The highest BCUT2D eigenvalue weighted by molar-refractivity contribution is 6.10. The molecule has 25 heavy (non-hydrogen) atoms. The molecule has 4 aromatic rings. The zero-order valence-corrected chi connectivity index (χ0v) is 15.4. The molecule has 0 saturated carbocycles. The monoisotopic (exact) mass is 331 g/mol. The van der Waals surface area contributed by atoms with Gasteiger partial charge in [-0.15, -0.1) is 0 Å². The third kappa shape index (κ3) is 2.42. The second-order valence-electron chi connectivity index (χ2n) is 7.20. The summed E-state index contributed by atoms with van der Waals surface area (Å²) in [4.78, 5) is 4.45. The minimum Gasteiger partial charge on any atom is -0.455 e. The molecule has 0 radical (unpaired) electrons. The summed E-state index contributed by atoms with van der Waals surface area (Å²) in [7, 11) is 2.09. The van der Waals surface area contributed by atoms with Crippen molar-refractivity contribution in [1.82, 2.24) is 4.98 Å². The van der Waals surface area contributed by atoms with Crippen LogP contribution in [0.3, 0.4) is 0 Å². The number of aryl methyl sites for hydroxylation is 3. The molecule has 3 nitrogen and oxygen atoms in total. The standard InChI is InChI=1S/C22H23N2O/c1-13(2)17-10-23-11-18-16-8-7-15(4)20(22(16)25-21(17)18)19-9-6-14(3)12-24(19)5/h6-13H,1-5H3/q+1. The Bertz CT molecular complexity index is 1110. The molecule has 0 aliphatic heterocycles. The van der Waals surface area contributed by atoms with Crippen LogP contribution in [0.1, 0.15) is 36.5 Å². The summed E-state index contributed by atoms with van der Waals surface area (Å²) in [6, 6.07) is 8.65. The summed E-state index contributed by atoms with van der Waals surface area (Å²) in [5.41, 5.74) is 7.84. The molecule has 0 unspecified atom stereocenters. The number of pyridine rings is 2. The van der Waals surface area contributed by atoms with Crippen molar-refractivity contribution in [3.8, 4) is 11.3 Å². The van der Waals surface area contributed by atoms with Crippen LogP contribution in [0.2, 0.25) is 0 Å². The van der Waals surface area contributed by atoms with Crippen molar-refractivity contribution in [2.75, 3.05) is 0 Å². The van der Waals surface area contributed by atoms with Crippen LogP contribution >= 0.6 is 0 Å². The topological polar surface area (TPSA) is 29.9 Å². The highest BCUT2D eigenvalue weighted by Crippen LogP contribution is 2.38. The minimum atomic E-state index is 0.372. The van der Waals surface area contributed by atoms with Crippen molar-refractivity contribution in [3.05, 3.63) is 59.5 Å². The van der Waals surface area contributed by atoms with Gasteiger partial charge in [-0.05, 0) is 31.4 Å². The molecule has 0 aliphatic carbocycles. The first-order valence-corrected chi connectivity index (χ1v) is 8.73. The molecule has 0 atom stereocenters. The van der Waals surface area contributed by atoms with Crippen molar-refractivity contribution in [2.24, 2.45) is 7.05 Å². The Labute approximate surface area is 147 Å². The van der Waals surface area contributed by atoms with Crippen LogP contribution in [0.4, 0.5) is 0 Å². The summed E-state index contributed by atoms with van der Waals surface area (Å²) < 4.78 is 8.62. The highest BCUT2D eigenvalue weighted by Gasteiger charge is 2.22. The molecule has 0 saturated heterocycles. The quantitative estimate of drug-likeness (QED) is 0.472. The number of furan rings is 1. The van der Waals surface area contributed by atoms with Crippen molar-refractivity contribution in [1.29, 1.82) is 0 Å². The first-order chi connectivity index (χ1) is 12.0. The predicted octanol–water partition coefficient (Wildman–Crippen LogP) is 5.21. The number of rotatable bonds is 2. The highest BCUT2D eigenvalue weighted by atomic mass is 16.3. The number of aromatic nitrogens is 2. The van der Waals surface area contributed by atoms with Gasteiger partial charge >= 0.3 is 0 Å². The zero-order chi connectivity index (χ0) is 17.7. The average molecular weight is 331 g/mol. The van der Waals surface area contributed by atoms with E-state index in [0.29, 0.717) is 5.92 Å². The second kappa shape index (κ2) is 5.69. The maximum Gasteiger partial charge on any atom is 0.216 e. The summed E-state index contributed by atoms with van der Waals surface area (Å²) in [6.45, 7) is 8.61. The summed E-state index contributed by atoms with van der Waals surface area (Å²) in [6.07, 6.45) is 5.99. The maximum absolute atomic E-state index is 6.44. The van der Waals surface area contributed by atoms with Gasteiger partial charge in [0, 0.05) is 40.4 Å². The molecule has 0 N–H and O–H groups in total. The van der Waals surface area contributed by atoms with E-state index < -0.39 is 0 Å². The zero-order valence-electron chi connectivity index (χ0n) is 15.4. The molecular formula is C22H23N2O+. The SMILES string of the molecule is Cc1ccc(-c2c(C)ccc3c2oc2c(C(C)C)cncc23)[n+](C)c1. The molecule has 0 amide bonds. The van der Waals surface area contributed by atoms with Gasteiger partial charge in [-0.25, -0.2) is 4.57 Å². The molecule has 3 heterocycles. The van der Waals surface area contributed by atoms with Crippen molar-refractivity contribution in [3.63, 3.8) is 0 Å². The van der Waals surface area contributed by atoms with Gasteiger partial charge in [0.2, 0.25) is 5.69 Å². The molecule has 3 aromatic heterocycles. The van der Waals surface area contributed by atoms with E-state index in [4.69, 9.17) is 4.42 Å². The molecule has 0 aliphatic rings. The summed E-state index contributed by atoms with van der Waals surface area (Å²) in [5, 5.41) is 2.23. The Morgan fingerprint density at radius 2 is 1.76 bits per heavy atom. The van der Waals surface area contributed by atoms with Gasteiger partial charge in [-0.3, -0.25) is 4.98 Å². The number of hydrogen-bond acceptors (Lipinski definition) is 2. The fraction of sp³-hybridized carbons (Fsp3) is 0.273. The van der Waals surface area contributed by atoms with E-state index in [2.05, 4.69) is 74.8 Å². The molecule has 3 heteroatoms. The molecule has 126 valence electrons. The van der Waals surface area contributed by atoms with Gasteiger partial charge in [-0.2, -0.15) is 0 Å². The average Bonchev–Trinajstić information content (AvgIpc) is 2.94. The first kappa shape index (κ1) is 15.8. The molecular weight excluding hydrogens is 308 g/mol. The lowest BCUT2D eigenvalue weighted by Crippen LogP contribution is -2.31. The van der Waals surface area contributed by atoms with Crippen LogP contribution in [-0.4, -0.2) is 4.98 Å². The van der Waals surface area contributed by atoms with E-state index in [9.17, 15) is 0 Å². The first-order valence-electron chi connectivity index (χ1n) is 8.73. The molecule has 4 rings (SSSR count). The molecule has 0 fully saturated rings. The van der Waals surface area contributed by atoms with Crippen LogP contribution in [0.5, 0.6) is 0 Å². The van der Waals surface area contributed by atoms with E-state index in [1.807, 2.05) is 12.4 Å². The number of hydrogen-bond donors (Lipinski definition) is 0. The minimum absolute atomic E-state index is 0.372. The second-order valence-corrected chi connectivity index (χ2v) is 7.20. The van der Waals surface area contributed by atoms with Gasteiger partial charge in [0.05, 0.1) is 5.56 Å². The van der Waals surface area contributed by atoms with Crippen LogP contribution in [0.15, 0.2) is 47.3 Å². The Balaban J connectivity index is 2.13. The number of benzene rings is 1. The Morgan fingerprint density at radius 1 is 0.960 bits per heavy atom. The van der Waals surface area contributed by atoms with Gasteiger partial charge < -0.3 is 4.42 Å². The van der Waals surface area contributed by atoms with Crippen LogP contribution in [0.25, 0.3) is 33.2 Å². The number of fused-ring (bicyclic) bond motifs is 3. The fourth-order valence-electron chi connectivity index (χ4n) is 3.61. The van der Waals surface area contributed by atoms with Gasteiger partial charge in [0.15, 0.2) is 6.20 Å². The van der Waals surface area contributed by atoms with E-state index in [-0.39, 0.29) is 0 Å². The molecule has 0 spiro atoms. The lowest BCUT2D eigenvalue weighted by atomic mass is 9.99. The van der Waals surface area contributed by atoms with Crippen molar-refractivity contribution in [2.45, 2.75) is 33.6 Å². The summed E-state index contributed by atoms with van der Waals surface area (Å²) in [5.74, 6) is 0.372. The predicted molar refractivity (Wildman–Crippen MR) is 102 cm³/mol. The van der Waals surface area contributed by atoms with E-state index >= 15 is 0 Å². The van der Waals surface area contributed by atoms with Gasteiger partial charge in [-0.1, -0.05) is 26.0 Å². The van der Waals surface area contributed by atoms with Crippen LogP contribution in [-0.2, 0) is 7.05 Å². The Kier molecular flexibility index (Phi) is 3.60. The van der Waals surface area contributed by atoms with E-state index in [0.717, 1.165) is 38.8 Å². The van der Waals surface area contributed by atoms with Gasteiger partial charge in [0.25, 0.3) is 0 Å². The number of nitrogens with zero attached hydrogens (tertiary/aromatic N) is 2. The molecule has 1 aromatic carbocycles.